The van der Waals surface area contributed by atoms with Crippen LogP contribution in [0.5, 0.6) is 0 Å². The fraction of sp³-hybridized carbons (Fsp3) is 0.455. The Morgan fingerprint density at radius 3 is 2.88 bits per heavy atom. The molecule has 84 valence electrons. The lowest BCUT2D eigenvalue weighted by Crippen LogP contribution is -2.12. The van der Waals surface area contributed by atoms with Crippen molar-refractivity contribution in [1.82, 2.24) is 14.6 Å². The second kappa shape index (κ2) is 3.82. The van der Waals surface area contributed by atoms with E-state index in [2.05, 4.69) is 32.1 Å². The summed E-state index contributed by atoms with van der Waals surface area (Å²) in [6.07, 6.45) is 3.84. The molecule has 2 aromatic heterocycles. The maximum absolute atomic E-state index is 5.62. The third-order valence-corrected chi connectivity index (χ3v) is 4.02. The Morgan fingerprint density at radius 2 is 2.25 bits per heavy atom. The van der Waals surface area contributed by atoms with Crippen LogP contribution in [0.2, 0.25) is 0 Å². The molecule has 0 spiro atoms. The van der Waals surface area contributed by atoms with Gasteiger partial charge in [-0.3, -0.25) is 0 Å². The van der Waals surface area contributed by atoms with E-state index in [0.29, 0.717) is 12.5 Å². The summed E-state index contributed by atoms with van der Waals surface area (Å²) in [6.45, 7) is 0.433. The highest BCUT2D eigenvalue weighted by atomic mass is 79.9. The summed E-state index contributed by atoms with van der Waals surface area (Å²) in [5.74, 6) is 0.639. The van der Waals surface area contributed by atoms with Crippen molar-refractivity contribution >= 4 is 21.6 Å². The van der Waals surface area contributed by atoms with Gasteiger partial charge in [0.2, 0.25) is 0 Å². The zero-order chi connectivity index (χ0) is 11.1. The van der Waals surface area contributed by atoms with Crippen LogP contribution in [0.15, 0.2) is 16.7 Å². The second-order valence-electron chi connectivity index (χ2n) is 4.21. The van der Waals surface area contributed by atoms with Crippen LogP contribution in [-0.2, 0) is 6.54 Å². The summed E-state index contributed by atoms with van der Waals surface area (Å²) in [5.41, 5.74) is 8.50. The molecule has 1 aliphatic rings. The lowest BCUT2D eigenvalue weighted by Gasteiger charge is -2.24. The maximum Gasteiger partial charge on any atom is 0.155 e. The molecule has 1 fully saturated rings. The first-order chi connectivity index (χ1) is 7.79. The van der Waals surface area contributed by atoms with Gasteiger partial charge in [-0.25, -0.2) is 9.50 Å². The van der Waals surface area contributed by atoms with E-state index in [9.17, 15) is 0 Å². The van der Waals surface area contributed by atoms with E-state index in [1.165, 1.54) is 25.0 Å². The van der Waals surface area contributed by atoms with Gasteiger partial charge in [0.15, 0.2) is 5.65 Å². The number of fused-ring (bicyclic) bond motifs is 1. The van der Waals surface area contributed by atoms with E-state index in [4.69, 9.17) is 5.73 Å². The molecule has 0 radical (unpaired) electrons. The number of nitrogens with zero attached hydrogens (tertiary/aromatic N) is 3. The van der Waals surface area contributed by atoms with E-state index in [-0.39, 0.29) is 0 Å². The fourth-order valence-corrected chi connectivity index (χ4v) is 2.53. The van der Waals surface area contributed by atoms with Gasteiger partial charge in [-0.2, -0.15) is 5.10 Å². The first-order valence-electron chi connectivity index (χ1n) is 5.53. The summed E-state index contributed by atoms with van der Waals surface area (Å²) >= 11 is 3.49. The monoisotopic (exact) mass is 280 g/mol. The molecule has 1 saturated carbocycles. The molecule has 0 aromatic carbocycles. The van der Waals surface area contributed by atoms with Crippen LogP contribution in [0.25, 0.3) is 5.65 Å². The lowest BCUT2D eigenvalue weighted by molar-refractivity contribution is 0.406. The highest BCUT2D eigenvalue weighted by Crippen LogP contribution is 2.35. The molecule has 0 atom stereocenters. The quantitative estimate of drug-likeness (QED) is 0.918. The van der Waals surface area contributed by atoms with E-state index >= 15 is 0 Å². The van der Waals surface area contributed by atoms with E-state index in [0.717, 1.165) is 15.9 Å². The van der Waals surface area contributed by atoms with Crippen LogP contribution in [-0.4, -0.2) is 14.6 Å². The predicted octanol–water partition coefficient (Wildman–Crippen LogP) is 2.22. The molecule has 4 nitrogen and oxygen atoms in total. The Balaban J connectivity index is 2.11. The third-order valence-electron chi connectivity index (χ3n) is 3.23. The average molecular weight is 281 g/mol. The Morgan fingerprint density at radius 1 is 1.44 bits per heavy atom. The number of nitrogens with two attached hydrogens (primary N) is 1. The Kier molecular flexibility index (Phi) is 2.44. The molecule has 3 rings (SSSR count). The SMILES string of the molecule is NCc1nc2ccc(C3CCC3)nn2c1Br. The maximum atomic E-state index is 5.62. The van der Waals surface area contributed by atoms with Gasteiger partial charge in [-0.1, -0.05) is 6.42 Å². The standard InChI is InChI=1S/C11H13BrN4/c12-11-9(6-13)14-10-5-4-8(15-16(10)11)7-2-1-3-7/h4-5,7H,1-3,6,13H2. The number of halogens is 1. The van der Waals surface area contributed by atoms with Gasteiger partial charge in [0, 0.05) is 12.5 Å². The third kappa shape index (κ3) is 1.46. The van der Waals surface area contributed by atoms with Crippen molar-refractivity contribution < 1.29 is 0 Å². The molecular formula is C11H13BrN4. The zero-order valence-corrected chi connectivity index (χ0v) is 10.4. The largest absolute Gasteiger partial charge is 0.325 e. The lowest BCUT2D eigenvalue weighted by atomic mass is 9.83. The number of hydrogen-bond donors (Lipinski definition) is 1. The Labute approximate surface area is 102 Å². The summed E-state index contributed by atoms with van der Waals surface area (Å²) in [6, 6.07) is 4.10. The van der Waals surface area contributed by atoms with Crippen LogP contribution in [0.1, 0.15) is 36.6 Å². The van der Waals surface area contributed by atoms with Crippen LogP contribution in [0.4, 0.5) is 0 Å². The highest BCUT2D eigenvalue weighted by Gasteiger charge is 2.22. The topological polar surface area (TPSA) is 56.2 Å². The van der Waals surface area contributed by atoms with Crippen molar-refractivity contribution in [3.63, 3.8) is 0 Å². The Hall–Kier alpha value is -0.940. The van der Waals surface area contributed by atoms with Crippen LogP contribution in [0, 0.1) is 0 Å². The van der Waals surface area contributed by atoms with Gasteiger partial charge in [0.25, 0.3) is 0 Å². The predicted molar refractivity (Wildman–Crippen MR) is 65.2 cm³/mol. The zero-order valence-electron chi connectivity index (χ0n) is 8.86. The molecule has 16 heavy (non-hydrogen) atoms. The minimum Gasteiger partial charge on any atom is -0.325 e. The van der Waals surface area contributed by atoms with E-state index < -0.39 is 0 Å². The molecule has 0 amide bonds. The van der Waals surface area contributed by atoms with Crippen molar-refractivity contribution in [3.05, 3.63) is 28.1 Å². The number of aromatic nitrogens is 3. The molecule has 2 aromatic rings. The molecule has 2 heterocycles. The van der Waals surface area contributed by atoms with Gasteiger partial charge in [0.1, 0.15) is 4.60 Å². The van der Waals surface area contributed by atoms with Gasteiger partial charge in [-0.05, 0) is 40.9 Å². The smallest absolute Gasteiger partial charge is 0.155 e. The van der Waals surface area contributed by atoms with Gasteiger partial charge in [0.05, 0.1) is 11.4 Å². The highest BCUT2D eigenvalue weighted by molar-refractivity contribution is 9.10. The molecular weight excluding hydrogens is 268 g/mol. The van der Waals surface area contributed by atoms with Crippen molar-refractivity contribution in [2.75, 3.05) is 0 Å². The van der Waals surface area contributed by atoms with E-state index in [1.54, 1.807) is 0 Å². The second-order valence-corrected chi connectivity index (χ2v) is 4.96. The summed E-state index contributed by atoms with van der Waals surface area (Å²) in [5, 5.41) is 4.62. The number of hydrogen-bond acceptors (Lipinski definition) is 3. The summed E-state index contributed by atoms with van der Waals surface area (Å²) < 4.78 is 2.72. The normalized spacial score (nSPS) is 16.6. The molecule has 0 saturated heterocycles. The number of imidazole rings is 1. The van der Waals surface area contributed by atoms with Crippen molar-refractivity contribution in [2.45, 2.75) is 31.7 Å². The van der Waals surface area contributed by atoms with E-state index in [1.807, 2.05) is 10.6 Å². The Bertz CT molecular complexity index is 530. The minimum atomic E-state index is 0.433. The van der Waals surface area contributed by atoms with Gasteiger partial charge < -0.3 is 5.73 Å². The molecule has 0 unspecified atom stereocenters. The van der Waals surface area contributed by atoms with Gasteiger partial charge >= 0.3 is 0 Å². The molecule has 5 heteroatoms. The van der Waals surface area contributed by atoms with Crippen molar-refractivity contribution in [2.24, 2.45) is 5.73 Å². The molecule has 2 N–H and O–H groups in total. The number of rotatable bonds is 2. The van der Waals surface area contributed by atoms with Crippen LogP contribution >= 0.6 is 15.9 Å². The average Bonchev–Trinajstić information content (AvgIpc) is 2.53. The van der Waals surface area contributed by atoms with Crippen molar-refractivity contribution in [1.29, 1.82) is 0 Å². The van der Waals surface area contributed by atoms with Crippen molar-refractivity contribution in [3.8, 4) is 0 Å². The molecule has 0 bridgehead atoms. The van der Waals surface area contributed by atoms with Crippen LogP contribution < -0.4 is 5.73 Å². The first kappa shape index (κ1) is 10.2. The summed E-state index contributed by atoms with van der Waals surface area (Å²) in [4.78, 5) is 4.40. The fourth-order valence-electron chi connectivity index (χ4n) is 2.02. The summed E-state index contributed by atoms with van der Waals surface area (Å²) in [7, 11) is 0. The molecule has 0 aliphatic heterocycles. The first-order valence-corrected chi connectivity index (χ1v) is 6.33. The van der Waals surface area contributed by atoms with Crippen LogP contribution in [0.3, 0.4) is 0 Å². The molecule has 1 aliphatic carbocycles. The van der Waals surface area contributed by atoms with Gasteiger partial charge in [-0.15, -0.1) is 0 Å². The minimum absolute atomic E-state index is 0.433.